The molecular weight excluding hydrogens is 228 g/mol. The second-order valence-electron chi connectivity index (χ2n) is 3.14. The molecule has 0 saturated carbocycles. The molecule has 1 N–H and O–H groups in total. The van der Waals surface area contributed by atoms with Gasteiger partial charge in [0.05, 0.1) is 23.2 Å². The van der Waals surface area contributed by atoms with E-state index in [0.717, 1.165) is 0 Å². The Morgan fingerprint density at radius 1 is 1.50 bits per heavy atom. The van der Waals surface area contributed by atoms with Crippen LogP contribution in [0.25, 0.3) is 10.9 Å². The summed E-state index contributed by atoms with van der Waals surface area (Å²) in [5, 5.41) is 19.2. The molecule has 1 heterocycles. The van der Waals surface area contributed by atoms with Gasteiger partial charge < -0.3 is 9.84 Å². The van der Waals surface area contributed by atoms with Crippen molar-refractivity contribution >= 4 is 22.5 Å². The molecule has 0 amide bonds. The molecule has 0 aliphatic carbocycles. The molecular formula is C11H7ClN2O2. The molecule has 2 rings (SSSR count). The Bertz CT molecular complexity index is 605. The largest absolute Gasteiger partial charge is 0.504 e. The van der Waals surface area contributed by atoms with E-state index in [1.54, 1.807) is 6.07 Å². The van der Waals surface area contributed by atoms with Crippen LogP contribution < -0.4 is 4.74 Å². The van der Waals surface area contributed by atoms with E-state index in [1.807, 2.05) is 6.07 Å². The molecule has 5 heteroatoms. The fourth-order valence-corrected chi connectivity index (χ4v) is 1.66. The molecule has 16 heavy (non-hydrogen) atoms. The molecule has 1 aromatic carbocycles. The Morgan fingerprint density at radius 2 is 2.25 bits per heavy atom. The number of methoxy groups -OCH3 is 1. The maximum absolute atomic E-state index is 9.60. The summed E-state index contributed by atoms with van der Waals surface area (Å²) in [5.74, 6) is 0.287. The zero-order chi connectivity index (χ0) is 11.7. The minimum atomic E-state index is -0.0335. The second kappa shape index (κ2) is 3.87. The number of phenols is 1. The predicted octanol–water partition coefficient (Wildman–Crippen LogP) is 2.47. The van der Waals surface area contributed by atoms with Gasteiger partial charge in [-0.1, -0.05) is 11.6 Å². The number of aromatic nitrogens is 1. The highest BCUT2D eigenvalue weighted by atomic mass is 35.5. The molecule has 0 fully saturated rings. The number of ether oxygens (including phenoxy) is 1. The molecule has 0 spiro atoms. The van der Waals surface area contributed by atoms with Crippen molar-refractivity contribution in [1.29, 1.82) is 5.26 Å². The van der Waals surface area contributed by atoms with E-state index >= 15 is 0 Å². The van der Waals surface area contributed by atoms with Crippen LogP contribution in [0.2, 0.25) is 5.02 Å². The first kappa shape index (κ1) is 10.5. The highest BCUT2D eigenvalue weighted by Gasteiger charge is 2.10. The smallest absolute Gasteiger partial charge is 0.162 e. The van der Waals surface area contributed by atoms with Gasteiger partial charge >= 0.3 is 0 Å². The van der Waals surface area contributed by atoms with Gasteiger partial charge in [0.15, 0.2) is 11.5 Å². The number of hydrogen-bond donors (Lipinski definition) is 1. The number of aromatic hydroxyl groups is 1. The van der Waals surface area contributed by atoms with Crippen LogP contribution in [0, 0.1) is 11.3 Å². The lowest BCUT2D eigenvalue weighted by atomic mass is 10.1. The number of halogens is 1. The van der Waals surface area contributed by atoms with Gasteiger partial charge in [0.25, 0.3) is 0 Å². The fraction of sp³-hybridized carbons (Fsp3) is 0.0909. The van der Waals surface area contributed by atoms with E-state index in [-0.39, 0.29) is 16.3 Å². The van der Waals surface area contributed by atoms with E-state index < -0.39 is 0 Å². The minimum Gasteiger partial charge on any atom is -0.504 e. The normalized spacial score (nSPS) is 10.1. The molecule has 2 aromatic rings. The van der Waals surface area contributed by atoms with E-state index in [1.165, 1.54) is 19.4 Å². The van der Waals surface area contributed by atoms with Crippen molar-refractivity contribution in [3.05, 3.63) is 28.9 Å². The van der Waals surface area contributed by atoms with E-state index in [9.17, 15) is 5.11 Å². The number of fused-ring (bicyclic) bond motifs is 1. The minimum absolute atomic E-state index is 0.0335. The number of nitrogens with zero attached hydrogens (tertiary/aromatic N) is 2. The second-order valence-corrected chi connectivity index (χ2v) is 3.52. The number of nitriles is 1. The average Bonchev–Trinajstić information content (AvgIpc) is 2.30. The summed E-state index contributed by atoms with van der Waals surface area (Å²) in [4.78, 5) is 4.06. The average molecular weight is 235 g/mol. The van der Waals surface area contributed by atoms with Gasteiger partial charge in [0.1, 0.15) is 6.07 Å². The van der Waals surface area contributed by atoms with Crippen LogP contribution in [-0.4, -0.2) is 17.2 Å². The van der Waals surface area contributed by atoms with E-state index in [0.29, 0.717) is 16.7 Å². The molecule has 1 aromatic heterocycles. The number of pyridine rings is 1. The van der Waals surface area contributed by atoms with Gasteiger partial charge in [-0.2, -0.15) is 5.26 Å². The maximum atomic E-state index is 9.60. The van der Waals surface area contributed by atoms with Crippen LogP contribution in [0.5, 0.6) is 11.5 Å². The lowest BCUT2D eigenvalue weighted by molar-refractivity contribution is 0.374. The third kappa shape index (κ3) is 1.51. The van der Waals surface area contributed by atoms with Crippen molar-refractivity contribution in [3.63, 3.8) is 0 Å². The molecule has 0 radical (unpaired) electrons. The SMILES string of the molecule is COc1cc2ncc(C#N)c(Cl)c2cc1O. The van der Waals surface area contributed by atoms with Crippen molar-refractivity contribution in [2.24, 2.45) is 0 Å². The highest BCUT2D eigenvalue weighted by Crippen LogP contribution is 2.34. The predicted molar refractivity (Wildman–Crippen MR) is 59.7 cm³/mol. The molecule has 0 aliphatic heterocycles. The number of benzene rings is 1. The Balaban J connectivity index is 2.82. The summed E-state index contributed by atoms with van der Waals surface area (Å²) >= 11 is 5.99. The van der Waals surface area contributed by atoms with Crippen LogP contribution in [0.15, 0.2) is 18.3 Å². The van der Waals surface area contributed by atoms with Crippen LogP contribution in [-0.2, 0) is 0 Å². The van der Waals surface area contributed by atoms with Crippen molar-refractivity contribution in [1.82, 2.24) is 4.98 Å². The summed E-state index contributed by atoms with van der Waals surface area (Å²) in [6.07, 6.45) is 1.39. The zero-order valence-corrected chi connectivity index (χ0v) is 9.12. The maximum Gasteiger partial charge on any atom is 0.162 e. The quantitative estimate of drug-likeness (QED) is 0.823. The third-order valence-corrected chi connectivity index (χ3v) is 2.63. The van der Waals surface area contributed by atoms with Gasteiger partial charge in [-0.3, -0.25) is 4.98 Å². The van der Waals surface area contributed by atoms with Crippen molar-refractivity contribution in [2.75, 3.05) is 7.11 Å². The summed E-state index contributed by atoms with van der Waals surface area (Å²) < 4.78 is 4.95. The monoisotopic (exact) mass is 234 g/mol. The summed E-state index contributed by atoms with van der Waals surface area (Å²) in [6.45, 7) is 0. The van der Waals surface area contributed by atoms with E-state index in [2.05, 4.69) is 4.98 Å². The Hall–Kier alpha value is -1.99. The molecule has 0 bridgehead atoms. The Morgan fingerprint density at radius 3 is 2.88 bits per heavy atom. The van der Waals surface area contributed by atoms with Crippen LogP contribution in [0.4, 0.5) is 0 Å². The highest BCUT2D eigenvalue weighted by molar-refractivity contribution is 6.36. The lowest BCUT2D eigenvalue weighted by Gasteiger charge is -2.06. The molecule has 80 valence electrons. The summed E-state index contributed by atoms with van der Waals surface area (Å²) in [6, 6.07) is 4.93. The molecule has 0 aliphatic rings. The van der Waals surface area contributed by atoms with Crippen molar-refractivity contribution < 1.29 is 9.84 Å². The first-order valence-corrected chi connectivity index (χ1v) is 4.80. The van der Waals surface area contributed by atoms with Crippen molar-refractivity contribution in [3.8, 4) is 17.6 Å². The van der Waals surface area contributed by atoms with Gasteiger partial charge in [-0.05, 0) is 6.07 Å². The number of hydrogen-bond acceptors (Lipinski definition) is 4. The van der Waals surface area contributed by atoms with Crippen LogP contribution >= 0.6 is 11.6 Å². The summed E-state index contributed by atoms with van der Waals surface area (Å²) in [5.41, 5.74) is 0.845. The van der Waals surface area contributed by atoms with E-state index in [4.69, 9.17) is 21.6 Å². The standard InChI is InChI=1S/C11H7ClN2O2/c1-16-10-3-8-7(2-9(10)15)11(12)6(4-13)5-14-8/h2-3,5,15H,1H3. The molecule has 0 saturated heterocycles. The van der Waals surface area contributed by atoms with Gasteiger partial charge in [-0.25, -0.2) is 0 Å². The topological polar surface area (TPSA) is 66.1 Å². The van der Waals surface area contributed by atoms with Gasteiger partial charge in [-0.15, -0.1) is 0 Å². The third-order valence-electron chi connectivity index (χ3n) is 2.22. The van der Waals surface area contributed by atoms with Gasteiger partial charge in [0.2, 0.25) is 0 Å². The first-order chi connectivity index (χ1) is 7.67. The Kier molecular flexibility index (Phi) is 2.55. The van der Waals surface area contributed by atoms with Crippen molar-refractivity contribution in [2.45, 2.75) is 0 Å². The molecule has 0 atom stereocenters. The number of phenolic OH excluding ortho intramolecular Hbond substituents is 1. The Labute approximate surface area is 96.7 Å². The fourth-order valence-electron chi connectivity index (χ4n) is 1.42. The van der Waals surface area contributed by atoms with Crippen LogP contribution in [0.3, 0.4) is 0 Å². The molecule has 4 nitrogen and oxygen atoms in total. The first-order valence-electron chi connectivity index (χ1n) is 4.42. The number of rotatable bonds is 1. The summed E-state index contributed by atoms with van der Waals surface area (Å²) in [7, 11) is 1.45. The molecule has 0 unspecified atom stereocenters. The zero-order valence-electron chi connectivity index (χ0n) is 8.36. The lowest BCUT2D eigenvalue weighted by Crippen LogP contribution is -1.88. The van der Waals surface area contributed by atoms with Gasteiger partial charge in [0, 0.05) is 17.6 Å². The van der Waals surface area contributed by atoms with Crippen LogP contribution in [0.1, 0.15) is 5.56 Å².